The second kappa shape index (κ2) is 46.4. The Hall–Kier alpha value is -0.690. The number of rotatable bonds is 48. The van der Waals surface area contributed by atoms with E-state index in [1.807, 2.05) is 0 Å². The summed E-state index contributed by atoms with van der Waals surface area (Å²) in [6.07, 6.45) is 51.6. The van der Waals surface area contributed by atoms with E-state index in [0.29, 0.717) is 12.8 Å². The van der Waals surface area contributed by atoms with Crippen molar-refractivity contribution in [2.75, 3.05) is 6.61 Å². The average molecular weight is 810 g/mol. The monoisotopic (exact) mass is 810 g/mol. The smallest absolute Gasteiger partial charge is 0.249 e. The number of aliphatic hydroxyl groups is 4. The molecule has 0 saturated heterocycles. The van der Waals surface area contributed by atoms with Gasteiger partial charge in [0, 0.05) is 0 Å². The first-order valence-electron chi connectivity index (χ1n) is 25.9. The minimum Gasteiger partial charge on any atom is -0.394 e. The molecule has 0 heterocycles. The van der Waals surface area contributed by atoms with Gasteiger partial charge in [-0.15, -0.1) is 0 Å². The number of amides is 1. The van der Waals surface area contributed by atoms with E-state index in [1.165, 1.54) is 225 Å². The van der Waals surface area contributed by atoms with Crippen LogP contribution in [0, 0.1) is 0 Å². The molecule has 0 rings (SSSR count). The van der Waals surface area contributed by atoms with E-state index in [4.69, 9.17) is 0 Å². The Kier molecular flexibility index (Phi) is 45.8. The summed E-state index contributed by atoms with van der Waals surface area (Å²) in [6, 6.07) is -0.979. The number of carbonyl (C=O) groups is 1. The Morgan fingerprint density at radius 3 is 0.842 bits per heavy atom. The van der Waals surface area contributed by atoms with Crippen molar-refractivity contribution in [3.63, 3.8) is 0 Å². The van der Waals surface area contributed by atoms with Crippen LogP contribution in [0.2, 0.25) is 0 Å². The van der Waals surface area contributed by atoms with Crippen molar-refractivity contribution in [3.05, 3.63) is 0 Å². The Balaban J connectivity index is 3.56. The lowest BCUT2D eigenvalue weighted by atomic mass is 9.99. The number of aliphatic hydroxyl groups excluding tert-OH is 4. The maximum atomic E-state index is 12.5. The van der Waals surface area contributed by atoms with Gasteiger partial charge in [0.05, 0.1) is 18.8 Å². The van der Waals surface area contributed by atoms with E-state index in [1.54, 1.807) is 0 Å². The van der Waals surface area contributed by atoms with Crippen LogP contribution in [0.15, 0.2) is 0 Å². The van der Waals surface area contributed by atoms with Gasteiger partial charge < -0.3 is 25.7 Å². The van der Waals surface area contributed by atoms with Crippen LogP contribution < -0.4 is 5.32 Å². The molecule has 0 aromatic rings. The quantitative estimate of drug-likeness (QED) is 0.0393. The third-order valence-electron chi connectivity index (χ3n) is 12.6. The van der Waals surface area contributed by atoms with Gasteiger partial charge in [-0.1, -0.05) is 277 Å². The number of nitrogens with one attached hydrogen (secondary N) is 1. The zero-order valence-corrected chi connectivity index (χ0v) is 38.6. The number of hydrogen-bond acceptors (Lipinski definition) is 5. The Bertz CT molecular complexity index is 781. The highest BCUT2D eigenvalue weighted by molar-refractivity contribution is 5.80. The molecule has 4 unspecified atom stereocenters. The van der Waals surface area contributed by atoms with E-state index in [9.17, 15) is 25.2 Å². The molecule has 0 fully saturated rings. The summed E-state index contributed by atoms with van der Waals surface area (Å²) in [5, 5.41) is 43.8. The SMILES string of the molecule is CCCCCCCCCCCCCCCCCCCCCCCCCCCCCCC(O)C(O)C(CO)NC(=O)C(O)CCCCCCCCCCCCCCC. The molecule has 0 aliphatic rings. The zero-order valence-electron chi connectivity index (χ0n) is 38.6. The van der Waals surface area contributed by atoms with Crippen LogP contribution in [0.4, 0.5) is 0 Å². The molecule has 0 saturated carbocycles. The van der Waals surface area contributed by atoms with E-state index < -0.39 is 36.9 Å². The summed E-state index contributed by atoms with van der Waals surface area (Å²) in [6.45, 7) is 4.07. The van der Waals surface area contributed by atoms with Crippen molar-refractivity contribution >= 4 is 5.91 Å². The first-order valence-corrected chi connectivity index (χ1v) is 25.9. The maximum Gasteiger partial charge on any atom is 0.249 e. The van der Waals surface area contributed by atoms with E-state index in [2.05, 4.69) is 19.2 Å². The van der Waals surface area contributed by atoms with Crippen LogP contribution in [0.5, 0.6) is 0 Å². The normalized spacial score (nSPS) is 13.9. The molecule has 0 aliphatic heterocycles. The molecule has 4 atom stereocenters. The van der Waals surface area contributed by atoms with E-state index >= 15 is 0 Å². The van der Waals surface area contributed by atoms with Crippen LogP contribution in [0.25, 0.3) is 0 Å². The first kappa shape index (κ1) is 56.3. The fourth-order valence-electron chi connectivity index (χ4n) is 8.47. The summed E-state index contributed by atoms with van der Waals surface area (Å²) in [7, 11) is 0. The lowest BCUT2D eigenvalue weighted by molar-refractivity contribution is -0.132. The summed E-state index contributed by atoms with van der Waals surface area (Å²) in [5.41, 5.74) is 0. The molecule has 1 amide bonds. The maximum absolute atomic E-state index is 12.5. The Morgan fingerprint density at radius 2 is 0.596 bits per heavy atom. The molecule has 0 bridgehead atoms. The lowest BCUT2D eigenvalue weighted by Gasteiger charge is -2.27. The lowest BCUT2D eigenvalue weighted by Crippen LogP contribution is -2.53. The van der Waals surface area contributed by atoms with Crippen LogP contribution in [-0.4, -0.2) is 57.3 Å². The standard InChI is InChI=1S/C51H103NO5/c1-3-5-7-9-11-13-15-17-18-19-20-21-22-23-24-25-26-27-28-29-30-31-33-34-36-38-40-42-44-48(54)50(56)47(46-53)52-51(57)49(55)45-43-41-39-37-35-32-16-14-12-10-8-6-4-2/h47-50,53-56H,3-46H2,1-2H3,(H,52,57). The predicted octanol–water partition coefficient (Wildman–Crippen LogP) is 14.4. The van der Waals surface area contributed by atoms with Crippen molar-refractivity contribution in [1.82, 2.24) is 5.32 Å². The molecule has 0 aromatic heterocycles. The second-order valence-electron chi connectivity index (χ2n) is 18.2. The van der Waals surface area contributed by atoms with Gasteiger partial charge in [0.15, 0.2) is 0 Å². The fourth-order valence-corrected chi connectivity index (χ4v) is 8.47. The van der Waals surface area contributed by atoms with Crippen molar-refractivity contribution in [2.45, 2.75) is 314 Å². The third-order valence-corrected chi connectivity index (χ3v) is 12.6. The van der Waals surface area contributed by atoms with E-state index in [-0.39, 0.29) is 0 Å². The molecule has 57 heavy (non-hydrogen) atoms. The molecule has 342 valence electrons. The molecular weight excluding hydrogens is 707 g/mol. The van der Waals surface area contributed by atoms with Crippen molar-refractivity contribution < 1.29 is 25.2 Å². The molecule has 6 heteroatoms. The van der Waals surface area contributed by atoms with Gasteiger partial charge in [-0.3, -0.25) is 4.79 Å². The van der Waals surface area contributed by atoms with Crippen LogP contribution in [0.3, 0.4) is 0 Å². The van der Waals surface area contributed by atoms with Crippen molar-refractivity contribution in [1.29, 1.82) is 0 Å². The van der Waals surface area contributed by atoms with Crippen LogP contribution in [0.1, 0.15) is 290 Å². The highest BCUT2D eigenvalue weighted by atomic mass is 16.3. The third kappa shape index (κ3) is 40.5. The second-order valence-corrected chi connectivity index (χ2v) is 18.2. The Labute approximate surface area is 356 Å². The van der Waals surface area contributed by atoms with Gasteiger partial charge >= 0.3 is 0 Å². The summed E-state index contributed by atoms with van der Waals surface area (Å²) in [4.78, 5) is 12.5. The van der Waals surface area contributed by atoms with Gasteiger partial charge in [0.25, 0.3) is 0 Å². The summed E-state index contributed by atoms with van der Waals surface area (Å²) >= 11 is 0. The largest absolute Gasteiger partial charge is 0.394 e. The number of hydrogen-bond donors (Lipinski definition) is 5. The van der Waals surface area contributed by atoms with E-state index in [0.717, 1.165) is 38.5 Å². The zero-order chi connectivity index (χ0) is 41.7. The Morgan fingerprint density at radius 1 is 0.368 bits per heavy atom. The topological polar surface area (TPSA) is 110 Å². The highest BCUT2D eigenvalue weighted by Gasteiger charge is 2.28. The molecule has 0 spiro atoms. The van der Waals surface area contributed by atoms with Crippen LogP contribution in [-0.2, 0) is 4.79 Å². The first-order chi connectivity index (χ1) is 28.0. The highest BCUT2D eigenvalue weighted by Crippen LogP contribution is 2.18. The molecule has 0 aliphatic carbocycles. The summed E-state index contributed by atoms with van der Waals surface area (Å²) < 4.78 is 0. The molecule has 0 radical (unpaired) electrons. The van der Waals surface area contributed by atoms with Gasteiger partial charge in [-0.05, 0) is 12.8 Å². The number of carbonyl (C=O) groups excluding carboxylic acids is 1. The van der Waals surface area contributed by atoms with Gasteiger partial charge in [-0.25, -0.2) is 0 Å². The molecule has 0 aromatic carbocycles. The minimum atomic E-state index is -1.25. The van der Waals surface area contributed by atoms with Gasteiger partial charge in [0.1, 0.15) is 12.2 Å². The fraction of sp³-hybridized carbons (Fsp3) is 0.980. The minimum absolute atomic E-state index is 0.375. The van der Waals surface area contributed by atoms with Crippen molar-refractivity contribution in [3.8, 4) is 0 Å². The van der Waals surface area contributed by atoms with Gasteiger partial charge in [-0.2, -0.15) is 0 Å². The van der Waals surface area contributed by atoms with Crippen molar-refractivity contribution in [2.24, 2.45) is 0 Å². The molecular formula is C51H103NO5. The average Bonchev–Trinajstić information content (AvgIpc) is 3.22. The molecule has 5 N–H and O–H groups in total. The number of unbranched alkanes of at least 4 members (excludes halogenated alkanes) is 39. The van der Waals surface area contributed by atoms with Gasteiger partial charge in [0.2, 0.25) is 5.91 Å². The molecule has 6 nitrogen and oxygen atoms in total. The van der Waals surface area contributed by atoms with Crippen LogP contribution >= 0.6 is 0 Å². The predicted molar refractivity (Wildman–Crippen MR) is 247 cm³/mol. The summed E-state index contributed by atoms with van der Waals surface area (Å²) in [5.74, 6) is -0.579.